The summed E-state index contributed by atoms with van der Waals surface area (Å²) >= 11 is 0. The van der Waals surface area contributed by atoms with Gasteiger partial charge < -0.3 is 4.90 Å². The summed E-state index contributed by atoms with van der Waals surface area (Å²) in [7, 11) is 0. The van der Waals surface area contributed by atoms with Crippen LogP contribution in [0.15, 0.2) is 96.7 Å². The maximum absolute atomic E-state index is 2.55. The predicted octanol–water partition coefficient (Wildman–Crippen LogP) is 9.04. The fourth-order valence-electron chi connectivity index (χ4n) is 7.11. The Morgan fingerprint density at radius 1 is 0.737 bits per heavy atom. The average Bonchev–Trinajstić information content (AvgIpc) is 3.27. The van der Waals surface area contributed by atoms with Gasteiger partial charge in [0.05, 0.1) is 5.41 Å². The van der Waals surface area contributed by atoms with Crippen LogP contribution in [-0.2, 0) is 10.8 Å². The molecule has 0 fully saturated rings. The van der Waals surface area contributed by atoms with Crippen molar-refractivity contribution in [1.29, 1.82) is 0 Å². The first-order valence-electron chi connectivity index (χ1n) is 14.2. The van der Waals surface area contributed by atoms with Gasteiger partial charge in [0.25, 0.3) is 0 Å². The van der Waals surface area contributed by atoms with E-state index in [1.807, 2.05) is 0 Å². The third-order valence-corrected chi connectivity index (χ3v) is 8.78. The van der Waals surface area contributed by atoms with Crippen LogP contribution in [0.1, 0.15) is 59.1 Å². The zero-order chi connectivity index (χ0) is 26.7. The molecule has 0 spiro atoms. The highest BCUT2D eigenvalue weighted by molar-refractivity contribution is 6.07. The monoisotopic (exact) mass is 499 g/mol. The molecule has 0 saturated heterocycles. The molecule has 4 aromatic rings. The van der Waals surface area contributed by atoms with E-state index in [9.17, 15) is 0 Å². The lowest BCUT2D eigenvalue weighted by atomic mass is 9.79. The van der Waals surface area contributed by atoms with E-state index in [4.69, 9.17) is 0 Å². The van der Waals surface area contributed by atoms with Crippen LogP contribution in [0.25, 0.3) is 21.5 Å². The molecule has 0 aromatic heterocycles. The molecule has 0 aliphatic carbocycles. The van der Waals surface area contributed by atoms with Crippen molar-refractivity contribution in [2.45, 2.75) is 58.8 Å². The quantitative estimate of drug-likeness (QED) is 0.248. The normalized spacial score (nSPS) is 18.8. The number of hydrogen-bond donors (Lipinski definition) is 0. The van der Waals surface area contributed by atoms with Crippen molar-refractivity contribution in [1.82, 2.24) is 0 Å². The third-order valence-electron chi connectivity index (χ3n) is 8.78. The molecule has 38 heavy (non-hydrogen) atoms. The summed E-state index contributed by atoms with van der Waals surface area (Å²) in [5, 5.41) is 5.37. The summed E-state index contributed by atoms with van der Waals surface area (Å²) in [6.45, 7) is 16.1. The van der Waals surface area contributed by atoms with Gasteiger partial charge in [-0.3, -0.25) is 0 Å². The minimum Gasteiger partial charge on any atom is -0.344 e. The van der Waals surface area contributed by atoms with E-state index in [1.165, 1.54) is 55.5 Å². The number of likely N-dealkylation sites (N-methyl/N-ethyl adjacent to an activating group) is 1. The molecule has 0 N–H and O–H groups in total. The SMILES string of the molecule is CCC[N+]1=C(C=CC=C2N(CC)c3ccc4ccccc4c3C2(C)C)C(C)(C)c2c1ccc1ccccc21. The van der Waals surface area contributed by atoms with E-state index >= 15 is 0 Å². The highest BCUT2D eigenvalue weighted by Gasteiger charge is 2.45. The molecule has 0 unspecified atom stereocenters. The number of fused-ring (bicyclic) bond motifs is 6. The second kappa shape index (κ2) is 8.98. The Morgan fingerprint density at radius 3 is 2.03 bits per heavy atom. The lowest BCUT2D eigenvalue weighted by Gasteiger charge is -2.26. The molecular formula is C36H39N2+. The zero-order valence-corrected chi connectivity index (χ0v) is 23.7. The van der Waals surface area contributed by atoms with Crippen LogP contribution in [0.2, 0.25) is 0 Å². The molecule has 0 saturated carbocycles. The number of hydrogen-bond acceptors (Lipinski definition) is 1. The Bertz CT molecular complexity index is 1660. The molecule has 2 aliphatic heterocycles. The topological polar surface area (TPSA) is 6.25 Å². The number of benzene rings is 4. The van der Waals surface area contributed by atoms with Crippen LogP contribution in [-0.4, -0.2) is 23.4 Å². The van der Waals surface area contributed by atoms with E-state index in [2.05, 4.69) is 142 Å². The lowest BCUT2D eigenvalue weighted by Crippen LogP contribution is -2.28. The van der Waals surface area contributed by atoms with E-state index in [1.54, 1.807) is 0 Å². The standard InChI is InChI=1S/C36H39N2/c1-7-24-38-30-23-21-26-15-10-12-17-28(26)34(30)36(5,6)32(38)19-13-18-31-35(3,4)33-27-16-11-9-14-25(27)20-22-29(33)37(31)8-2/h9-23H,7-8,24H2,1-6H3/q+1. The van der Waals surface area contributed by atoms with Gasteiger partial charge in [-0.1, -0.05) is 81.4 Å². The van der Waals surface area contributed by atoms with Crippen LogP contribution in [0.4, 0.5) is 11.4 Å². The first kappa shape index (κ1) is 24.7. The fourth-order valence-corrected chi connectivity index (χ4v) is 7.11. The van der Waals surface area contributed by atoms with Gasteiger partial charge in [0.15, 0.2) is 5.71 Å². The molecule has 0 atom stereocenters. The minimum atomic E-state index is -0.0747. The minimum absolute atomic E-state index is 0.0742. The number of allylic oxidation sites excluding steroid dienone is 4. The molecule has 4 aromatic carbocycles. The van der Waals surface area contributed by atoms with E-state index in [0.717, 1.165) is 19.5 Å². The van der Waals surface area contributed by atoms with Crippen molar-refractivity contribution in [3.63, 3.8) is 0 Å². The van der Waals surface area contributed by atoms with E-state index < -0.39 is 0 Å². The third kappa shape index (κ3) is 3.50. The van der Waals surface area contributed by atoms with E-state index in [-0.39, 0.29) is 10.8 Å². The van der Waals surface area contributed by atoms with Gasteiger partial charge in [0.2, 0.25) is 5.69 Å². The van der Waals surface area contributed by atoms with Gasteiger partial charge in [-0.05, 0) is 66.1 Å². The summed E-state index contributed by atoms with van der Waals surface area (Å²) in [5.74, 6) is 0. The largest absolute Gasteiger partial charge is 0.344 e. The maximum atomic E-state index is 2.55. The summed E-state index contributed by atoms with van der Waals surface area (Å²) in [6.07, 6.45) is 8.16. The number of rotatable bonds is 5. The van der Waals surface area contributed by atoms with Crippen molar-refractivity contribution in [3.8, 4) is 0 Å². The summed E-state index contributed by atoms with van der Waals surface area (Å²) < 4.78 is 2.55. The van der Waals surface area contributed by atoms with Crippen molar-refractivity contribution in [2.24, 2.45) is 0 Å². The van der Waals surface area contributed by atoms with Crippen LogP contribution < -0.4 is 4.90 Å². The van der Waals surface area contributed by atoms with Crippen molar-refractivity contribution >= 4 is 38.6 Å². The van der Waals surface area contributed by atoms with Gasteiger partial charge in [0, 0.05) is 47.5 Å². The summed E-state index contributed by atoms with van der Waals surface area (Å²) in [5.41, 5.74) is 8.19. The molecule has 192 valence electrons. The van der Waals surface area contributed by atoms with Crippen LogP contribution in [0, 0.1) is 0 Å². The second-order valence-corrected chi connectivity index (χ2v) is 11.8. The Balaban J connectivity index is 1.46. The van der Waals surface area contributed by atoms with E-state index in [0.29, 0.717) is 0 Å². The first-order valence-corrected chi connectivity index (χ1v) is 14.2. The summed E-state index contributed by atoms with van der Waals surface area (Å²) in [4.78, 5) is 2.50. The Hall–Kier alpha value is -3.65. The number of anilines is 1. The molecule has 2 heterocycles. The predicted molar refractivity (Wildman–Crippen MR) is 164 cm³/mol. The molecule has 0 amide bonds. The van der Waals surface area contributed by atoms with Crippen molar-refractivity contribution < 1.29 is 4.58 Å². The molecule has 2 heteroatoms. The maximum Gasteiger partial charge on any atom is 0.210 e. The highest BCUT2D eigenvalue weighted by atomic mass is 15.2. The molecule has 0 radical (unpaired) electrons. The smallest absolute Gasteiger partial charge is 0.210 e. The van der Waals surface area contributed by atoms with Crippen LogP contribution in [0.3, 0.4) is 0 Å². The number of nitrogens with zero attached hydrogens (tertiary/aromatic N) is 2. The van der Waals surface area contributed by atoms with Gasteiger partial charge in [-0.2, -0.15) is 4.58 Å². The average molecular weight is 500 g/mol. The van der Waals surface area contributed by atoms with Crippen LogP contribution in [0.5, 0.6) is 0 Å². The fraction of sp³-hybridized carbons (Fsp3) is 0.306. The molecule has 2 nitrogen and oxygen atoms in total. The van der Waals surface area contributed by atoms with Crippen molar-refractivity contribution in [3.05, 3.63) is 108 Å². The Labute approximate surface area is 227 Å². The van der Waals surface area contributed by atoms with Crippen LogP contribution >= 0.6 is 0 Å². The Kier molecular flexibility index (Phi) is 5.83. The first-order chi connectivity index (χ1) is 18.3. The van der Waals surface area contributed by atoms with Crippen molar-refractivity contribution in [2.75, 3.05) is 18.0 Å². The van der Waals surface area contributed by atoms with Gasteiger partial charge in [-0.15, -0.1) is 0 Å². The Morgan fingerprint density at radius 2 is 1.37 bits per heavy atom. The second-order valence-electron chi connectivity index (χ2n) is 11.8. The molecule has 0 bridgehead atoms. The van der Waals surface area contributed by atoms with Gasteiger partial charge in [-0.25, -0.2) is 0 Å². The van der Waals surface area contributed by atoms with Gasteiger partial charge in [0.1, 0.15) is 6.54 Å². The molecular weight excluding hydrogens is 460 g/mol. The van der Waals surface area contributed by atoms with Gasteiger partial charge >= 0.3 is 0 Å². The summed E-state index contributed by atoms with van der Waals surface area (Å²) in [6, 6.07) is 26.8. The zero-order valence-electron chi connectivity index (χ0n) is 23.7. The molecule has 6 rings (SSSR count). The molecule has 2 aliphatic rings. The highest BCUT2D eigenvalue weighted by Crippen LogP contribution is 2.50. The lowest BCUT2D eigenvalue weighted by molar-refractivity contribution is -0.437.